The van der Waals surface area contributed by atoms with Crippen LogP contribution in [0.5, 0.6) is 0 Å². The molecule has 0 saturated heterocycles. The van der Waals surface area contributed by atoms with Crippen molar-refractivity contribution in [2.45, 2.75) is 90.6 Å². The van der Waals surface area contributed by atoms with Crippen molar-refractivity contribution >= 4 is 11.9 Å². The Hall–Kier alpha value is -1.10. The molecule has 0 saturated carbocycles. The van der Waals surface area contributed by atoms with E-state index in [1.165, 1.54) is 38.5 Å². The second-order valence-electron chi connectivity index (χ2n) is 8.74. The Morgan fingerprint density at radius 3 is 2.04 bits per heavy atom. The highest BCUT2D eigenvalue weighted by Crippen LogP contribution is 2.17. The Morgan fingerprint density at radius 2 is 1.54 bits per heavy atom. The van der Waals surface area contributed by atoms with E-state index in [9.17, 15) is 9.59 Å². The number of carbonyl (C=O) groups is 2. The fraction of sp³-hybridized carbons (Fsp3) is 0.905. The Labute approximate surface area is 160 Å². The number of aliphatic carboxylic acids is 1. The Kier molecular flexibility index (Phi) is 13.4. The van der Waals surface area contributed by atoms with Gasteiger partial charge < -0.3 is 14.3 Å². The van der Waals surface area contributed by atoms with Crippen LogP contribution in [-0.4, -0.2) is 55.3 Å². The number of nitrogens with zero attached hydrogens (tertiary/aromatic N) is 1. The molecule has 0 aliphatic rings. The quantitative estimate of drug-likeness (QED) is 0.244. The fourth-order valence-corrected chi connectivity index (χ4v) is 3.20. The Bertz CT molecular complexity index is 390. The summed E-state index contributed by atoms with van der Waals surface area (Å²) >= 11 is 0. The number of carboxylic acids is 1. The van der Waals surface area contributed by atoms with Crippen LogP contribution in [0.25, 0.3) is 0 Å². The predicted molar refractivity (Wildman–Crippen MR) is 106 cm³/mol. The Balaban J connectivity index is 3.90. The SMILES string of the molecule is CCCCCCC(C)CCCCCC(=O)OC(CC(=O)O)C[N+](C)(C)C. The first-order valence-electron chi connectivity index (χ1n) is 10.4. The molecule has 0 heterocycles. The summed E-state index contributed by atoms with van der Waals surface area (Å²) in [7, 11) is 5.89. The van der Waals surface area contributed by atoms with E-state index in [0.717, 1.165) is 25.2 Å². The van der Waals surface area contributed by atoms with Crippen LogP contribution in [0.3, 0.4) is 0 Å². The van der Waals surface area contributed by atoms with Gasteiger partial charge in [0.05, 0.1) is 27.6 Å². The summed E-state index contributed by atoms with van der Waals surface area (Å²) in [6, 6.07) is 0. The standard InChI is InChI=1S/C21H41NO4/c1-6-7-8-10-13-18(2)14-11-9-12-15-21(25)26-19(16-20(23)24)17-22(3,4)5/h18-19H,6-17H2,1-5H3/p+1. The van der Waals surface area contributed by atoms with Crippen LogP contribution < -0.4 is 0 Å². The highest BCUT2D eigenvalue weighted by Gasteiger charge is 2.24. The second kappa shape index (κ2) is 14.0. The zero-order valence-electron chi connectivity index (χ0n) is 17.8. The summed E-state index contributed by atoms with van der Waals surface area (Å²) in [5, 5.41) is 8.98. The van der Waals surface area contributed by atoms with Gasteiger partial charge in [-0.3, -0.25) is 9.59 Å². The number of hydrogen-bond acceptors (Lipinski definition) is 3. The minimum Gasteiger partial charge on any atom is -0.481 e. The first-order chi connectivity index (χ1) is 12.1. The third-order valence-electron chi connectivity index (χ3n) is 4.58. The van der Waals surface area contributed by atoms with E-state index in [2.05, 4.69) is 13.8 Å². The molecule has 0 aliphatic heterocycles. The van der Waals surface area contributed by atoms with Crippen molar-refractivity contribution in [2.75, 3.05) is 27.7 Å². The summed E-state index contributed by atoms with van der Waals surface area (Å²) in [6.07, 6.45) is 10.6. The highest BCUT2D eigenvalue weighted by atomic mass is 16.5. The van der Waals surface area contributed by atoms with Crippen molar-refractivity contribution in [2.24, 2.45) is 5.92 Å². The van der Waals surface area contributed by atoms with Crippen molar-refractivity contribution in [3.8, 4) is 0 Å². The molecule has 26 heavy (non-hydrogen) atoms. The third kappa shape index (κ3) is 16.4. The lowest BCUT2D eigenvalue weighted by Gasteiger charge is -2.28. The van der Waals surface area contributed by atoms with E-state index in [-0.39, 0.29) is 12.4 Å². The Morgan fingerprint density at radius 1 is 0.962 bits per heavy atom. The van der Waals surface area contributed by atoms with Gasteiger partial charge in [0.2, 0.25) is 0 Å². The monoisotopic (exact) mass is 372 g/mol. The minimum atomic E-state index is -0.927. The molecule has 0 bridgehead atoms. The largest absolute Gasteiger partial charge is 0.481 e. The molecule has 2 atom stereocenters. The molecule has 0 fully saturated rings. The molecule has 0 aliphatic carbocycles. The number of likely N-dealkylation sites (N-methyl/N-ethyl adjacent to an activating group) is 1. The van der Waals surface area contributed by atoms with Crippen molar-refractivity contribution in [1.29, 1.82) is 0 Å². The zero-order valence-corrected chi connectivity index (χ0v) is 17.8. The molecule has 0 aromatic carbocycles. The van der Waals surface area contributed by atoms with Crippen LogP contribution in [0.2, 0.25) is 0 Å². The van der Waals surface area contributed by atoms with Crippen molar-refractivity contribution in [3.05, 3.63) is 0 Å². The van der Waals surface area contributed by atoms with Crippen LogP contribution in [0, 0.1) is 5.92 Å². The molecule has 5 heteroatoms. The maximum Gasteiger partial charge on any atom is 0.307 e. The van der Waals surface area contributed by atoms with Gasteiger partial charge in [-0.05, 0) is 12.3 Å². The van der Waals surface area contributed by atoms with E-state index in [0.29, 0.717) is 17.4 Å². The van der Waals surface area contributed by atoms with Gasteiger partial charge in [-0.15, -0.1) is 0 Å². The molecule has 1 N–H and O–H groups in total. The first kappa shape index (κ1) is 24.9. The van der Waals surface area contributed by atoms with Gasteiger partial charge in [-0.2, -0.15) is 0 Å². The maximum atomic E-state index is 12.0. The van der Waals surface area contributed by atoms with Crippen LogP contribution in [-0.2, 0) is 14.3 Å². The summed E-state index contributed by atoms with van der Waals surface area (Å²) < 4.78 is 5.98. The van der Waals surface area contributed by atoms with Gasteiger partial charge in [0.25, 0.3) is 0 Å². The lowest BCUT2D eigenvalue weighted by molar-refractivity contribution is -0.873. The maximum absolute atomic E-state index is 12.0. The van der Waals surface area contributed by atoms with E-state index in [1.54, 1.807) is 0 Å². The second-order valence-corrected chi connectivity index (χ2v) is 8.74. The molecule has 154 valence electrons. The van der Waals surface area contributed by atoms with Crippen LogP contribution in [0.1, 0.15) is 84.5 Å². The number of esters is 1. The van der Waals surface area contributed by atoms with Crippen LogP contribution in [0.4, 0.5) is 0 Å². The molecule has 5 nitrogen and oxygen atoms in total. The number of unbranched alkanes of at least 4 members (excludes halogenated alkanes) is 5. The number of ether oxygens (including phenoxy) is 1. The average Bonchev–Trinajstić information content (AvgIpc) is 2.48. The average molecular weight is 373 g/mol. The minimum absolute atomic E-state index is 0.128. The van der Waals surface area contributed by atoms with Crippen LogP contribution >= 0.6 is 0 Å². The zero-order chi connectivity index (χ0) is 20.0. The van der Waals surface area contributed by atoms with E-state index < -0.39 is 12.1 Å². The number of rotatable bonds is 16. The topological polar surface area (TPSA) is 63.6 Å². The predicted octanol–water partition coefficient (Wildman–Crippen LogP) is 4.64. The van der Waals surface area contributed by atoms with Gasteiger partial charge in [-0.25, -0.2) is 0 Å². The van der Waals surface area contributed by atoms with E-state index in [1.807, 2.05) is 21.1 Å². The number of hydrogen-bond donors (Lipinski definition) is 1. The van der Waals surface area contributed by atoms with Gasteiger partial charge >= 0.3 is 11.9 Å². The van der Waals surface area contributed by atoms with E-state index in [4.69, 9.17) is 9.84 Å². The molecular formula is C21H42NO4+. The van der Waals surface area contributed by atoms with Gasteiger partial charge in [0.15, 0.2) is 6.10 Å². The van der Waals surface area contributed by atoms with Gasteiger partial charge in [0.1, 0.15) is 6.54 Å². The highest BCUT2D eigenvalue weighted by molar-refractivity contribution is 5.71. The van der Waals surface area contributed by atoms with Crippen molar-refractivity contribution < 1.29 is 23.9 Å². The molecule has 0 aromatic heterocycles. The first-order valence-corrected chi connectivity index (χ1v) is 10.4. The lowest BCUT2D eigenvalue weighted by Crippen LogP contribution is -2.43. The summed E-state index contributed by atoms with van der Waals surface area (Å²) in [4.78, 5) is 23.0. The van der Waals surface area contributed by atoms with Crippen LogP contribution in [0.15, 0.2) is 0 Å². The van der Waals surface area contributed by atoms with Gasteiger partial charge in [-0.1, -0.05) is 65.2 Å². The summed E-state index contributed by atoms with van der Waals surface area (Å²) in [5.74, 6) is -0.426. The number of carbonyl (C=O) groups excluding carboxylic acids is 1. The summed E-state index contributed by atoms with van der Waals surface area (Å²) in [6.45, 7) is 5.07. The normalized spacial score (nSPS) is 14.0. The van der Waals surface area contributed by atoms with Gasteiger partial charge in [0, 0.05) is 6.42 Å². The molecule has 0 spiro atoms. The molecule has 0 rings (SSSR count). The molecule has 2 unspecified atom stereocenters. The summed E-state index contributed by atoms with van der Waals surface area (Å²) in [5.41, 5.74) is 0. The van der Waals surface area contributed by atoms with Crippen molar-refractivity contribution in [3.63, 3.8) is 0 Å². The van der Waals surface area contributed by atoms with Crippen molar-refractivity contribution in [1.82, 2.24) is 0 Å². The molecule has 0 amide bonds. The molecular weight excluding hydrogens is 330 g/mol. The molecule has 0 radical (unpaired) electrons. The number of quaternary nitrogens is 1. The smallest absolute Gasteiger partial charge is 0.307 e. The fourth-order valence-electron chi connectivity index (χ4n) is 3.20. The third-order valence-corrected chi connectivity index (χ3v) is 4.58. The molecule has 0 aromatic rings. The number of carboxylic acid groups (broad SMARTS) is 1. The van der Waals surface area contributed by atoms with E-state index >= 15 is 0 Å². The lowest BCUT2D eigenvalue weighted by atomic mass is 9.96.